The molecule has 2 aliphatic heterocycles. The molecule has 0 unspecified atom stereocenters. The highest BCUT2D eigenvalue weighted by atomic mass is 16.3. The van der Waals surface area contributed by atoms with E-state index in [1.165, 1.54) is 22.3 Å². The number of phenolic OH excluding ortho intramolecular Hbond substituents is 1. The monoisotopic (exact) mass is 427 g/mol. The number of fused-ring (bicyclic) bond motifs is 1. The smallest absolute Gasteiger partial charge is 0.115 e. The first-order valence-electron chi connectivity index (χ1n) is 11.8. The van der Waals surface area contributed by atoms with Gasteiger partial charge in [-0.25, -0.2) is 0 Å². The van der Waals surface area contributed by atoms with E-state index in [1.807, 2.05) is 24.5 Å². The van der Waals surface area contributed by atoms with Crippen molar-refractivity contribution < 1.29 is 5.11 Å². The van der Waals surface area contributed by atoms with Gasteiger partial charge < -0.3 is 5.11 Å². The van der Waals surface area contributed by atoms with Gasteiger partial charge in [0.2, 0.25) is 0 Å². The maximum absolute atomic E-state index is 10.1. The highest BCUT2D eigenvalue weighted by Gasteiger charge is 2.44. The number of rotatable bonds is 4. The predicted octanol–water partition coefficient (Wildman–Crippen LogP) is 4.94. The third-order valence-electron chi connectivity index (χ3n) is 7.82. The van der Waals surface area contributed by atoms with Crippen molar-refractivity contribution in [3.05, 3.63) is 84.2 Å². The van der Waals surface area contributed by atoms with E-state index in [9.17, 15) is 5.11 Å². The summed E-state index contributed by atoms with van der Waals surface area (Å²) in [5, 5.41) is 10.1. The molecule has 0 saturated carbocycles. The minimum atomic E-state index is 0.0924. The van der Waals surface area contributed by atoms with Crippen LogP contribution in [0.1, 0.15) is 31.4 Å². The Labute approximate surface area is 191 Å². The van der Waals surface area contributed by atoms with E-state index in [0.29, 0.717) is 17.7 Å². The quantitative estimate of drug-likeness (QED) is 0.640. The molecule has 3 atom stereocenters. The van der Waals surface area contributed by atoms with Crippen molar-refractivity contribution in [3.63, 3.8) is 0 Å². The van der Waals surface area contributed by atoms with Crippen LogP contribution in [0.3, 0.4) is 0 Å². The normalized spacial score (nSPS) is 26.6. The Kier molecular flexibility index (Phi) is 5.75. The average molecular weight is 428 g/mol. The van der Waals surface area contributed by atoms with E-state index in [0.717, 1.165) is 39.1 Å². The number of piperidine rings is 1. The Morgan fingerprint density at radius 2 is 1.72 bits per heavy atom. The average Bonchev–Trinajstić information content (AvgIpc) is 2.81. The Balaban J connectivity index is 1.27. The van der Waals surface area contributed by atoms with Gasteiger partial charge in [0.15, 0.2) is 0 Å². The lowest BCUT2D eigenvalue weighted by Crippen LogP contribution is -2.60. The number of nitrogens with zero attached hydrogens (tertiary/aromatic N) is 3. The summed E-state index contributed by atoms with van der Waals surface area (Å²) in [5.74, 6) is 0.937. The summed E-state index contributed by atoms with van der Waals surface area (Å²) in [4.78, 5) is 9.42. The molecule has 2 aliphatic rings. The van der Waals surface area contributed by atoms with Gasteiger partial charge >= 0.3 is 0 Å². The van der Waals surface area contributed by atoms with Crippen LogP contribution in [0.4, 0.5) is 0 Å². The lowest BCUT2D eigenvalue weighted by atomic mass is 9.65. The van der Waals surface area contributed by atoms with Crippen LogP contribution in [0, 0.1) is 5.92 Å². The van der Waals surface area contributed by atoms with Gasteiger partial charge in [-0.2, -0.15) is 0 Å². The molecule has 3 heterocycles. The maximum atomic E-state index is 10.1. The summed E-state index contributed by atoms with van der Waals surface area (Å²) in [6.45, 7) is 10.3. The van der Waals surface area contributed by atoms with E-state index >= 15 is 0 Å². The molecule has 2 fully saturated rings. The van der Waals surface area contributed by atoms with Crippen LogP contribution >= 0.6 is 0 Å². The first kappa shape index (κ1) is 21.2. The SMILES string of the molecule is C[C@H]1CN2CCN(Cc3ccc(-c4ccncc4)cc3)C[C@H]2C[C@@]1(C)c1cccc(O)c1. The molecule has 0 bridgehead atoms. The first-order valence-corrected chi connectivity index (χ1v) is 11.8. The van der Waals surface area contributed by atoms with Gasteiger partial charge in [0.1, 0.15) is 5.75 Å². The van der Waals surface area contributed by atoms with Gasteiger partial charge in [-0.1, -0.05) is 50.2 Å². The molecule has 0 amide bonds. The molecular formula is C28H33N3O. The summed E-state index contributed by atoms with van der Waals surface area (Å²) in [6.07, 6.45) is 4.83. The number of pyridine rings is 1. The molecule has 2 saturated heterocycles. The van der Waals surface area contributed by atoms with E-state index in [2.05, 4.69) is 71.1 Å². The molecule has 1 aromatic heterocycles. The zero-order valence-electron chi connectivity index (χ0n) is 19.1. The van der Waals surface area contributed by atoms with E-state index in [-0.39, 0.29) is 5.41 Å². The van der Waals surface area contributed by atoms with Crippen LogP contribution in [-0.2, 0) is 12.0 Å². The molecule has 0 radical (unpaired) electrons. The number of piperazine rings is 1. The Bertz CT molecular complexity index is 1050. The zero-order valence-corrected chi connectivity index (χ0v) is 19.1. The van der Waals surface area contributed by atoms with Crippen molar-refractivity contribution in [2.24, 2.45) is 5.92 Å². The molecule has 4 heteroatoms. The molecule has 0 spiro atoms. The second-order valence-electron chi connectivity index (χ2n) is 9.89. The first-order chi connectivity index (χ1) is 15.5. The number of hydrogen-bond acceptors (Lipinski definition) is 4. The Morgan fingerprint density at radius 1 is 0.969 bits per heavy atom. The molecule has 3 aromatic rings. The highest BCUT2D eigenvalue weighted by Crippen LogP contribution is 2.43. The third-order valence-corrected chi connectivity index (χ3v) is 7.82. The van der Waals surface area contributed by atoms with Gasteiger partial charge in [0.05, 0.1) is 0 Å². The van der Waals surface area contributed by atoms with Crippen LogP contribution in [0.25, 0.3) is 11.1 Å². The van der Waals surface area contributed by atoms with Crippen LogP contribution < -0.4 is 0 Å². The van der Waals surface area contributed by atoms with E-state index in [4.69, 9.17) is 0 Å². The molecule has 32 heavy (non-hydrogen) atoms. The number of hydrogen-bond donors (Lipinski definition) is 1. The van der Waals surface area contributed by atoms with Crippen LogP contribution in [0.2, 0.25) is 0 Å². The van der Waals surface area contributed by atoms with Crippen molar-refractivity contribution in [3.8, 4) is 16.9 Å². The van der Waals surface area contributed by atoms with Crippen molar-refractivity contribution in [1.82, 2.24) is 14.8 Å². The van der Waals surface area contributed by atoms with E-state index < -0.39 is 0 Å². The number of aromatic hydroxyl groups is 1. The van der Waals surface area contributed by atoms with Gasteiger partial charge in [0, 0.05) is 51.2 Å². The van der Waals surface area contributed by atoms with Gasteiger partial charge in [-0.3, -0.25) is 14.8 Å². The summed E-state index contributed by atoms with van der Waals surface area (Å²) >= 11 is 0. The van der Waals surface area contributed by atoms with Crippen molar-refractivity contribution in [1.29, 1.82) is 0 Å². The highest BCUT2D eigenvalue weighted by molar-refractivity contribution is 5.62. The summed E-state index contributed by atoms with van der Waals surface area (Å²) in [5.41, 5.74) is 5.19. The fourth-order valence-corrected chi connectivity index (χ4v) is 5.65. The minimum absolute atomic E-state index is 0.0924. The molecule has 2 aromatic carbocycles. The summed E-state index contributed by atoms with van der Waals surface area (Å²) in [6, 6.07) is 21.6. The number of phenols is 1. The maximum Gasteiger partial charge on any atom is 0.115 e. The fraction of sp³-hybridized carbons (Fsp3) is 0.393. The van der Waals surface area contributed by atoms with E-state index in [1.54, 1.807) is 6.07 Å². The predicted molar refractivity (Wildman–Crippen MR) is 130 cm³/mol. The molecule has 1 N–H and O–H groups in total. The minimum Gasteiger partial charge on any atom is -0.508 e. The molecule has 166 valence electrons. The van der Waals surface area contributed by atoms with Gasteiger partial charge in [0.25, 0.3) is 0 Å². The zero-order chi connectivity index (χ0) is 22.1. The second-order valence-corrected chi connectivity index (χ2v) is 9.89. The van der Waals surface area contributed by atoms with Crippen LogP contribution in [0.5, 0.6) is 5.75 Å². The molecule has 0 aliphatic carbocycles. The Morgan fingerprint density at radius 3 is 2.47 bits per heavy atom. The topological polar surface area (TPSA) is 39.6 Å². The fourth-order valence-electron chi connectivity index (χ4n) is 5.65. The summed E-state index contributed by atoms with van der Waals surface area (Å²) in [7, 11) is 0. The van der Waals surface area contributed by atoms with Crippen LogP contribution in [0.15, 0.2) is 73.1 Å². The number of aromatic nitrogens is 1. The van der Waals surface area contributed by atoms with Crippen LogP contribution in [-0.4, -0.2) is 52.1 Å². The lowest BCUT2D eigenvalue weighted by Gasteiger charge is -2.53. The standard InChI is InChI=1S/C28H33N3O/c1-21-18-31-15-14-30(19-22-6-8-23(9-7-22)24-10-12-29-13-11-24)20-26(31)17-28(21,2)25-4-3-5-27(32)16-25/h3-13,16,21,26,32H,14-15,17-20H2,1-2H3/t21-,26+,28+/m0/s1. The van der Waals surface area contributed by atoms with Crippen molar-refractivity contribution >= 4 is 0 Å². The number of benzene rings is 2. The van der Waals surface area contributed by atoms with Crippen molar-refractivity contribution in [2.75, 3.05) is 26.2 Å². The lowest BCUT2D eigenvalue weighted by molar-refractivity contribution is -0.00557. The van der Waals surface area contributed by atoms with Gasteiger partial charge in [-0.05, 0) is 64.3 Å². The van der Waals surface area contributed by atoms with Gasteiger partial charge in [-0.15, -0.1) is 0 Å². The molecule has 5 rings (SSSR count). The van der Waals surface area contributed by atoms with Crippen molar-refractivity contribution in [2.45, 2.75) is 38.3 Å². The molecular weight excluding hydrogens is 394 g/mol. The largest absolute Gasteiger partial charge is 0.508 e. The Hall–Kier alpha value is -2.69. The summed E-state index contributed by atoms with van der Waals surface area (Å²) < 4.78 is 0. The third kappa shape index (κ3) is 4.17. The second kappa shape index (κ2) is 8.68. The molecule has 4 nitrogen and oxygen atoms in total.